The number of methoxy groups -OCH3 is 1. The lowest BCUT2D eigenvalue weighted by Gasteiger charge is -2.14. The third-order valence-electron chi connectivity index (χ3n) is 2.58. The molecule has 1 saturated heterocycles. The Morgan fingerprint density at radius 2 is 2.36 bits per heavy atom. The standard InChI is InChI=1S/C10H18O4/c1-3-4-9-8(10(11)12)5-7(14-9)6-13-2/h7-9H,3-6H2,1-2H3,(H,11,12). The Balaban J connectivity index is 2.51. The van der Waals surface area contributed by atoms with E-state index in [4.69, 9.17) is 14.6 Å². The second-order valence-electron chi connectivity index (χ2n) is 3.72. The summed E-state index contributed by atoms with van der Waals surface area (Å²) in [7, 11) is 1.60. The number of hydrogen-bond acceptors (Lipinski definition) is 3. The summed E-state index contributed by atoms with van der Waals surface area (Å²) in [5.74, 6) is -1.10. The average Bonchev–Trinajstić information content (AvgIpc) is 2.49. The maximum absolute atomic E-state index is 10.9. The first kappa shape index (κ1) is 11.5. The van der Waals surface area contributed by atoms with Crippen LogP contribution in [0, 0.1) is 5.92 Å². The number of carboxylic acid groups (broad SMARTS) is 1. The van der Waals surface area contributed by atoms with Crippen LogP contribution in [0.25, 0.3) is 0 Å². The van der Waals surface area contributed by atoms with E-state index >= 15 is 0 Å². The van der Waals surface area contributed by atoms with Gasteiger partial charge in [0, 0.05) is 7.11 Å². The van der Waals surface area contributed by atoms with E-state index in [0.717, 1.165) is 12.8 Å². The van der Waals surface area contributed by atoms with Gasteiger partial charge in [0.25, 0.3) is 0 Å². The highest BCUT2D eigenvalue weighted by molar-refractivity contribution is 5.71. The number of aliphatic carboxylic acids is 1. The first-order valence-corrected chi connectivity index (χ1v) is 5.06. The van der Waals surface area contributed by atoms with Crippen molar-refractivity contribution in [3.63, 3.8) is 0 Å². The number of carboxylic acids is 1. The van der Waals surface area contributed by atoms with Crippen LogP contribution in [-0.2, 0) is 14.3 Å². The van der Waals surface area contributed by atoms with Gasteiger partial charge in [0.05, 0.1) is 24.7 Å². The van der Waals surface area contributed by atoms with Crippen molar-refractivity contribution in [3.05, 3.63) is 0 Å². The van der Waals surface area contributed by atoms with Gasteiger partial charge in [-0.05, 0) is 12.8 Å². The Hall–Kier alpha value is -0.610. The molecule has 0 saturated carbocycles. The van der Waals surface area contributed by atoms with Crippen molar-refractivity contribution in [2.45, 2.75) is 38.4 Å². The van der Waals surface area contributed by atoms with Gasteiger partial charge < -0.3 is 14.6 Å². The quantitative estimate of drug-likeness (QED) is 0.730. The molecule has 1 N–H and O–H groups in total. The van der Waals surface area contributed by atoms with Crippen molar-refractivity contribution in [1.82, 2.24) is 0 Å². The Morgan fingerprint density at radius 1 is 1.64 bits per heavy atom. The Kier molecular flexibility index (Phi) is 4.35. The lowest BCUT2D eigenvalue weighted by Crippen LogP contribution is -2.23. The fraction of sp³-hybridized carbons (Fsp3) is 0.900. The van der Waals surface area contributed by atoms with Gasteiger partial charge in [-0.1, -0.05) is 13.3 Å². The van der Waals surface area contributed by atoms with Crippen molar-refractivity contribution in [2.24, 2.45) is 5.92 Å². The number of ether oxygens (including phenoxy) is 2. The first-order chi connectivity index (χ1) is 6.69. The zero-order chi connectivity index (χ0) is 10.6. The Labute approximate surface area is 84.2 Å². The molecule has 0 aromatic carbocycles. The van der Waals surface area contributed by atoms with Crippen LogP contribution in [0.15, 0.2) is 0 Å². The van der Waals surface area contributed by atoms with E-state index in [0.29, 0.717) is 13.0 Å². The van der Waals surface area contributed by atoms with Crippen LogP contribution in [0.4, 0.5) is 0 Å². The topological polar surface area (TPSA) is 55.8 Å². The summed E-state index contributed by atoms with van der Waals surface area (Å²) >= 11 is 0. The fourth-order valence-corrected chi connectivity index (χ4v) is 1.94. The summed E-state index contributed by atoms with van der Waals surface area (Å²) in [6, 6.07) is 0. The molecule has 0 aromatic heterocycles. The van der Waals surface area contributed by atoms with Crippen LogP contribution in [0.3, 0.4) is 0 Å². The van der Waals surface area contributed by atoms with E-state index in [2.05, 4.69) is 0 Å². The normalized spacial score (nSPS) is 32.0. The van der Waals surface area contributed by atoms with E-state index in [9.17, 15) is 4.79 Å². The molecule has 4 nitrogen and oxygen atoms in total. The third kappa shape index (κ3) is 2.69. The molecule has 82 valence electrons. The molecule has 0 amide bonds. The van der Waals surface area contributed by atoms with Gasteiger partial charge in [-0.3, -0.25) is 4.79 Å². The second-order valence-corrected chi connectivity index (χ2v) is 3.72. The minimum Gasteiger partial charge on any atom is -0.481 e. The third-order valence-corrected chi connectivity index (χ3v) is 2.58. The maximum Gasteiger partial charge on any atom is 0.309 e. The molecule has 14 heavy (non-hydrogen) atoms. The van der Waals surface area contributed by atoms with Gasteiger partial charge in [-0.15, -0.1) is 0 Å². The monoisotopic (exact) mass is 202 g/mol. The highest BCUT2D eigenvalue weighted by Crippen LogP contribution is 2.29. The molecule has 1 aliphatic rings. The molecule has 1 heterocycles. The average molecular weight is 202 g/mol. The highest BCUT2D eigenvalue weighted by atomic mass is 16.5. The molecule has 0 radical (unpaired) electrons. The zero-order valence-electron chi connectivity index (χ0n) is 8.73. The molecule has 3 unspecified atom stereocenters. The predicted molar refractivity (Wildman–Crippen MR) is 51.2 cm³/mol. The minimum atomic E-state index is -0.748. The molecule has 1 aliphatic heterocycles. The highest BCUT2D eigenvalue weighted by Gasteiger charge is 2.38. The molecule has 1 rings (SSSR count). The van der Waals surface area contributed by atoms with E-state index in [1.807, 2.05) is 6.92 Å². The van der Waals surface area contributed by atoms with Crippen molar-refractivity contribution in [2.75, 3.05) is 13.7 Å². The van der Waals surface area contributed by atoms with Crippen LogP contribution >= 0.6 is 0 Å². The van der Waals surface area contributed by atoms with Gasteiger partial charge in [-0.2, -0.15) is 0 Å². The van der Waals surface area contributed by atoms with Crippen LogP contribution in [-0.4, -0.2) is 37.0 Å². The van der Waals surface area contributed by atoms with Crippen molar-refractivity contribution >= 4 is 5.97 Å². The second kappa shape index (κ2) is 5.32. The molecule has 0 spiro atoms. The zero-order valence-corrected chi connectivity index (χ0v) is 8.73. The molecular formula is C10H18O4. The van der Waals surface area contributed by atoms with Crippen LogP contribution in [0.2, 0.25) is 0 Å². The van der Waals surface area contributed by atoms with E-state index < -0.39 is 5.97 Å². The first-order valence-electron chi connectivity index (χ1n) is 5.06. The maximum atomic E-state index is 10.9. The molecule has 0 aromatic rings. The number of hydrogen-bond donors (Lipinski definition) is 1. The summed E-state index contributed by atoms with van der Waals surface area (Å²) in [6.07, 6.45) is 2.18. The summed E-state index contributed by atoms with van der Waals surface area (Å²) in [5.41, 5.74) is 0. The summed E-state index contributed by atoms with van der Waals surface area (Å²) in [5, 5.41) is 8.98. The molecule has 0 bridgehead atoms. The molecule has 3 atom stereocenters. The molecule has 1 fully saturated rings. The van der Waals surface area contributed by atoms with E-state index in [1.165, 1.54) is 0 Å². The smallest absolute Gasteiger partial charge is 0.309 e. The van der Waals surface area contributed by atoms with Crippen molar-refractivity contribution < 1.29 is 19.4 Å². The fourth-order valence-electron chi connectivity index (χ4n) is 1.94. The van der Waals surface area contributed by atoms with Crippen molar-refractivity contribution in [1.29, 1.82) is 0 Å². The van der Waals surface area contributed by atoms with E-state index in [1.54, 1.807) is 7.11 Å². The van der Waals surface area contributed by atoms with Crippen LogP contribution in [0.5, 0.6) is 0 Å². The number of rotatable bonds is 5. The van der Waals surface area contributed by atoms with Crippen LogP contribution in [0.1, 0.15) is 26.2 Å². The summed E-state index contributed by atoms with van der Waals surface area (Å²) < 4.78 is 10.6. The Morgan fingerprint density at radius 3 is 2.86 bits per heavy atom. The van der Waals surface area contributed by atoms with E-state index in [-0.39, 0.29) is 18.1 Å². The summed E-state index contributed by atoms with van der Waals surface area (Å²) in [6.45, 7) is 2.52. The molecule has 0 aliphatic carbocycles. The number of carbonyl (C=O) groups is 1. The summed E-state index contributed by atoms with van der Waals surface area (Å²) in [4.78, 5) is 10.9. The largest absolute Gasteiger partial charge is 0.481 e. The van der Waals surface area contributed by atoms with Crippen LogP contribution < -0.4 is 0 Å². The van der Waals surface area contributed by atoms with Gasteiger partial charge >= 0.3 is 5.97 Å². The lowest BCUT2D eigenvalue weighted by molar-refractivity contribution is -0.143. The lowest BCUT2D eigenvalue weighted by atomic mass is 9.97. The molecular weight excluding hydrogens is 184 g/mol. The minimum absolute atomic E-state index is 0.0438. The van der Waals surface area contributed by atoms with Gasteiger partial charge in [-0.25, -0.2) is 0 Å². The van der Waals surface area contributed by atoms with Gasteiger partial charge in [0.2, 0.25) is 0 Å². The Bertz CT molecular complexity index is 193. The van der Waals surface area contributed by atoms with Gasteiger partial charge in [0.15, 0.2) is 0 Å². The predicted octanol–water partition coefficient (Wildman–Crippen LogP) is 1.29. The van der Waals surface area contributed by atoms with Crippen molar-refractivity contribution in [3.8, 4) is 0 Å². The van der Waals surface area contributed by atoms with Gasteiger partial charge in [0.1, 0.15) is 0 Å². The molecule has 4 heteroatoms. The SMILES string of the molecule is CCCC1OC(COC)CC1C(=O)O.